The molecule has 8 heteroatoms. The van der Waals surface area contributed by atoms with Gasteiger partial charge in [-0.1, -0.05) is 6.07 Å². The van der Waals surface area contributed by atoms with Crippen LogP contribution in [0.3, 0.4) is 0 Å². The summed E-state index contributed by atoms with van der Waals surface area (Å²) in [6, 6.07) is 6.61. The average Bonchev–Trinajstić information content (AvgIpc) is 3.16. The number of carbonyl (C=O) groups excluding carboxylic acids is 1. The molecule has 1 aromatic heterocycles. The van der Waals surface area contributed by atoms with Gasteiger partial charge in [0.25, 0.3) is 0 Å². The monoisotopic (exact) mass is 359 g/mol. The number of nitriles is 1. The van der Waals surface area contributed by atoms with Gasteiger partial charge in [-0.05, 0) is 12.1 Å². The molecular weight excluding hydrogens is 341 g/mol. The van der Waals surface area contributed by atoms with E-state index in [0.717, 1.165) is 0 Å². The molecule has 0 aliphatic carbocycles. The Kier molecular flexibility index (Phi) is 5.26. The molecule has 0 bridgehead atoms. The summed E-state index contributed by atoms with van der Waals surface area (Å²) in [5.41, 5.74) is 0.698. The van der Waals surface area contributed by atoms with Crippen molar-refractivity contribution in [2.75, 3.05) is 49.6 Å². The summed E-state index contributed by atoms with van der Waals surface area (Å²) >= 11 is 1.43. The smallest absolute Gasteiger partial charge is 0.242 e. The van der Waals surface area contributed by atoms with E-state index in [2.05, 4.69) is 9.88 Å². The van der Waals surface area contributed by atoms with Gasteiger partial charge in [0, 0.05) is 44.8 Å². The largest absolute Gasteiger partial charge is 0.368 e. The summed E-state index contributed by atoms with van der Waals surface area (Å²) in [7, 11) is 1.73. The number of likely N-dealkylation sites (N-methyl/N-ethyl adjacent to an activating group) is 1. The molecule has 2 aromatic rings. The Balaban J connectivity index is 1.58. The Hall–Kier alpha value is -2.50. The highest BCUT2D eigenvalue weighted by Crippen LogP contribution is 2.24. The van der Waals surface area contributed by atoms with Crippen molar-refractivity contribution in [3.05, 3.63) is 41.2 Å². The van der Waals surface area contributed by atoms with Crippen molar-refractivity contribution in [3.8, 4) is 6.07 Å². The lowest BCUT2D eigenvalue weighted by molar-refractivity contribution is -0.119. The minimum atomic E-state index is -0.498. The Morgan fingerprint density at radius 2 is 2.16 bits per heavy atom. The Labute approximate surface area is 149 Å². The summed E-state index contributed by atoms with van der Waals surface area (Å²) in [4.78, 5) is 22.1. The van der Waals surface area contributed by atoms with Gasteiger partial charge in [0.05, 0.1) is 12.2 Å². The molecule has 0 atom stereocenters. The molecule has 0 spiro atoms. The second-order valence-electron chi connectivity index (χ2n) is 5.78. The van der Waals surface area contributed by atoms with Crippen LogP contribution in [0.15, 0.2) is 29.8 Å². The molecule has 3 rings (SSSR count). The first-order valence-corrected chi connectivity index (χ1v) is 8.80. The van der Waals surface area contributed by atoms with Crippen molar-refractivity contribution in [3.63, 3.8) is 0 Å². The molecule has 1 fully saturated rings. The van der Waals surface area contributed by atoms with Crippen molar-refractivity contribution in [2.45, 2.75) is 0 Å². The number of nitrogens with zero attached hydrogens (tertiary/aromatic N) is 5. The SMILES string of the molecule is CN(C(=O)CN1CCN(c2cccc(F)c2C#N)CC1)c1nccs1. The number of anilines is 2. The normalized spacial score (nSPS) is 15.0. The van der Waals surface area contributed by atoms with Crippen LogP contribution in [0.1, 0.15) is 5.56 Å². The van der Waals surface area contributed by atoms with E-state index in [-0.39, 0.29) is 11.5 Å². The van der Waals surface area contributed by atoms with E-state index in [9.17, 15) is 14.4 Å². The van der Waals surface area contributed by atoms with Gasteiger partial charge >= 0.3 is 0 Å². The number of rotatable bonds is 4. The maximum absolute atomic E-state index is 13.8. The molecule has 0 unspecified atom stereocenters. The van der Waals surface area contributed by atoms with Crippen LogP contribution in [0.2, 0.25) is 0 Å². The molecule has 0 radical (unpaired) electrons. The third-order valence-electron chi connectivity index (χ3n) is 4.26. The topological polar surface area (TPSA) is 63.5 Å². The predicted molar refractivity (Wildman–Crippen MR) is 95.3 cm³/mol. The quantitative estimate of drug-likeness (QED) is 0.835. The summed E-state index contributed by atoms with van der Waals surface area (Å²) in [6.07, 6.45) is 1.67. The van der Waals surface area contributed by atoms with Crippen molar-refractivity contribution < 1.29 is 9.18 Å². The van der Waals surface area contributed by atoms with Crippen LogP contribution < -0.4 is 9.80 Å². The number of hydrogen-bond acceptors (Lipinski definition) is 6. The third-order valence-corrected chi connectivity index (χ3v) is 5.10. The predicted octanol–water partition coefficient (Wildman–Crippen LogP) is 1.94. The van der Waals surface area contributed by atoms with Crippen LogP contribution in [0, 0.1) is 17.1 Å². The summed E-state index contributed by atoms with van der Waals surface area (Å²) in [6.45, 7) is 2.97. The first-order valence-electron chi connectivity index (χ1n) is 7.92. The molecule has 1 saturated heterocycles. The fourth-order valence-corrected chi connectivity index (χ4v) is 3.44. The van der Waals surface area contributed by atoms with Crippen LogP contribution in [0.4, 0.5) is 15.2 Å². The average molecular weight is 359 g/mol. The standard InChI is InChI=1S/C17H18FN5OS/c1-21(17-20-5-10-25-17)16(24)12-22-6-8-23(9-7-22)15-4-2-3-14(18)13(15)11-19/h2-5,10H,6-9,12H2,1H3. The van der Waals surface area contributed by atoms with Crippen LogP contribution in [0.5, 0.6) is 0 Å². The van der Waals surface area contributed by atoms with Gasteiger partial charge in [-0.3, -0.25) is 14.6 Å². The Morgan fingerprint density at radius 1 is 1.40 bits per heavy atom. The molecule has 1 aliphatic rings. The van der Waals surface area contributed by atoms with Gasteiger partial charge in [-0.15, -0.1) is 11.3 Å². The molecule has 2 heterocycles. The van der Waals surface area contributed by atoms with Crippen LogP contribution >= 0.6 is 11.3 Å². The number of carbonyl (C=O) groups is 1. The molecule has 0 N–H and O–H groups in total. The lowest BCUT2D eigenvalue weighted by Crippen LogP contribution is -2.50. The minimum Gasteiger partial charge on any atom is -0.368 e. The van der Waals surface area contributed by atoms with Crippen molar-refractivity contribution in [1.29, 1.82) is 5.26 Å². The molecule has 130 valence electrons. The lowest BCUT2D eigenvalue weighted by Gasteiger charge is -2.36. The summed E-state index contributed by atoms with van der Waals surface area (Å²) in [5, 5.41) is 11.7. The maximum atomic E-state index is 13.8. The Morgan fingerprint density at radius 3 is 2.80 bits per heavy atom. The van der Waals surface area contributed by atoms with E-state index >= 15 is 0 Å². The van der Waals surface area contributed by atoms with E-state index in [1.54, 1.807) is 30.3 Å². The highest BCUT2D eigenvalue weighted by Gasteiger charge is 2.23. The van der Waals surface area contributed by atoms with Gasteiger partial charge < -0.3 is 4.90 Å². The van der Waals surface area contributed by atoms with E-state index in [1.807, 2.05) is 16.3 Å². The maximum Gasteiger partial charge on any atom is 0.242 e. The molecule has 1 aromatic carbocycles. The number of halogens is 1. The Bertz CT molecular complexity index is 781. The van der Waals surface area contributed by atoms with Gasteiger partial charge in [0.15, 0.2) is 5.13 Å². The molecule has 1 aliphatic heterocycles. The molecular formula is C17H18FN5OS. The fraction of sp³-hybridized carbons (Fsp3) is 0.353. The molecule has 6 nitrogen and oxygen atoms in total. The summed E-state index contributed by atoms with van der Waals surface area (Å²) < 4.78 is 13.8. The van der Waals surface area contributed by atoms with E-state index < -0.39 is 5.82 Å². The van der Waals surface area contributed by atoms with Crippen molar-refractivity contribution in [1.82, 2.24) is 9.88 Å². The van der Waals surface area contributed by atoms with E-state index in [0.29, 0.717) is 43.5 Å². The highest BCUT2D eigenvalue weighted by atomic mass is 32.1. The number of hydrogen-bond donors (Lipinski definition) is 0. The second kappa shape index (κ2) is 7.59. The van der Waals surface area contributed by atoms with Crippen LogP contribution in [-0.2, 0) is 4.79 Å². The minimum absolute atomic E-state index is 0.00753. The van der Waals surface area contributed by atoms with Gasteiger partial charge in [-0.2, -0.15) is 5.26 Å². The zero-order valence-electron chi connectivity index (χ0n) is 13.9. The number of amides is 1. The first-order chi connectivity index (χ1) is 12.1. The molecule has 1 amide bonds. The fourth-order valence-electron chi connectivity index (χ4n) is 2.82. The third kappa shape index (κ3) is 3.78. The molecule has 25 heavy (non-hydrogen) atoms. The molecule has 0 saturated carbocycles. The summed E-state index contributed by atoms with van der Waals surface area (Å²) in [5.74, 6) is -0.505. The lowest BCUT2D eigenvalue weighted by atomic mass is 10.1. The van der Waals surface area contributed by atoms with E-state index in [1.165, 1.54) is 17.4 Å². The van der Waals surface area contributed by atoms with Gasteiger partial charge in [0.1, 0.15) is 17.4 Å². The zero-order chi connectivity index (χ0) is 17.8. The van der Waals surface area contributed by atoms with Crippen LogP contribution in [-0.4, -0.2) is 55.6 Å². The van der Waals surface area contributed by atoms with Crippen molar-refractivity contribution >= 4 is 28.1 Å². The van der Waals surface area contributed by atoms with Crippen LogP contribution in [0.25, 0.3) is 0 Å². The highest BCUT2D eigenvalue weighted by molar-refractivity contribution is 7.13. The van der Waals surface area contributed by atoms with Crippen molar-refractivity contribution in [2.24, 2.45) is 0 Å². The first kappa shape index (κ1) is 17.3. The number of thiazole rings is 1. The van der Waals surface area contributed by atoms with Gasteiger partial charge in [0.2, 0.25) is 5.91 Å². The number of benzene rings is 1. The van der Waals surface area contributed by atoms with Gasteiger partial charge in [-0.25, -0.2) is 9.37 Å². The zero-order valence-corrected chi connectivity index (χ0v) is 14.7. The second-order valence-corrected chi connectivity index (χ2v) is 6.65. The number of piperazine rings is 1. The van der Waals surface area contributed by atoms with E-state index in [4.69, 9.17) is 0 Å². The number of aromatic nitrogens is 1.